The van der Waals surface area contributed by atoms with Crippen LogP contribution in [-0.4, -0.2) is 87.6 Å². The number of carbonyl (C=O) groups excluding carboxylic acids is 3. The topological polar surface area (TPSA) is 90.4 Å². The van der Waals surface area contributed by atoms with Gasteiger partial charge in [0.2, 0.25) is 17.7 Å². The Morgan fingerprint density at radius 2 is 1.77 bits per heavy atom. The molecular weight excluding hydrogens is 526 g/mol. The lowest BCUT2D eigenvalue weighted by atomic mass is 9.78. The van der Waals surface area contributed by atoms with Crippen LogP contribution in [0.3, 0.4) is 0 Å². The summed E-state index contributed by atoms with van der Waals surface area (Å²) in [6.07, 6.45) is 14.0. The van der Waals surface area contributed by atoms with E-state index in [2.05, 4.69) is 18.2 Å². The number of nitrogens with zero attached hydrogens (tertiary/aromatic N) is 3. The Morgan fingerprint density at radius 1 is 1.00 bits per heavy atom. The van der Waals surface area contributed by atoms with Gasteiger partial charge in [0, 0.05) is 43.2 Å². The average molecular weight is 566 g/mol. The zero-order valence-corrected chi connectivity index (χ0v) is 23.9. The number of aliphatic hydroxyl groups excluding tert-OH is 1. The van der Waals surface area contributed by atoms with Crippen LogP contribution >= 0.6 is 11.8 Å². The van der Waals surface area contributed by atoms with Crippen molar-refractivity contribution in [3.63, 3.8) is 0 Å². The number of aliphatic hydroxyl groups is 1. The van der Waals surface area contributed by atoms with E-state index in [0.717, 1.165) is 37.1 Å². The summed E-state index contributed by atoms with van der Waals surface area (Å²) in [5.74, 6) is -0.706. The molecule has 9 heteroatoms. The highest BCUT2D eigenvalue weighted by Crippen LogP contribution is 2.61. The highest BCUT2D eigenvalue weighted by molar-refractivity contribution is 8.02. The number of hydrogen-bond donors (Lipinski definition) is 1. The fraction of sp³-hybridized carbons (Fsp3) is 0.581. The van der Waals surface area contributed by atoms with Gasteiger partial charge in [0.1, 0.15) is 11.8 Å². The molecule has 1 N–H and O–H groups in total. The van der Waals surface area contributed by atoms with E-state index < -0.39 is 22.6 Å². The van der Waals surface area contributed by atoms with Crippen molar-refractivity contribution in [1.29, 1.82) is 0 Å². The van der Waals surface area contributed by atoms with Crippen LogP contribution in [-0.2, 0) is 14.4 Å². The third-order valence-electron chi connectivity index (χ3n) is 9.22. The average Bonchev–Trinajstić information content (AvgIpc) is 3.28. The van der Waals surface area contributed by atoms with Crippen molar-refractivity contribution in [2.24, 2.45) is 11.8 Å². The van der Waals surface area contributed by atoms with Crippen LogP contribution in [0.5, 0.6) is 5.75 Å². The van der Waals surface area contributed by atoms with Gasteiger partial charge in [-0.15, -0.1) is 11.8 Å². The molecule has 1 spiro atoms. The number of carbonyl (C=O) groups is 3. The summed E-state index contributed by atoms with van der Waals surface area (Å²) in [7, 11) is 0. The molecule has 40 heavy (non-hydrogen) atoms. The Balaban J connectivity index is 1.36. The maximum atomic E-state index is 14.4. The number of likely N-dealkylation sites (tertiary alicyclic amines) is 1. The molecule has 1 saturated carbocycles. The number of thioether (sulfide) groups is 1. The lowest BCUT2D eigenvalue weighted by Gasteiger charge is -2.39. The Labute approximate surface area is 240 Å². The third-order valence-corrected chi connectivity index (χ3v) is 11.0. The summed E-state index contributed by atoms with van der Waals surface area (Å²) >= 11 is 1.61. The predicted molar refractivity (Wildman–Crippen MR) is 155 cm³/mol. The number of ether oxygens (including phenoxy) is 1. The van der Waals surface area contributed by atoms with Crippen molar-refractivity contribution in [2.45, 2.75) is 67.5 Å². The van der Waals surface area contributed by atoms with Crippen molar-refractivity contribution < 1.29 is 24.2 Å². The molecule has 3 amide bonds. The molecule has 1 aromatic carbocycles. The largest absolute Gasteiger partial charge is 0.494 e. The fourth-order valence-electron chi connectivity index (χ4n) is 7.48. The molecule has 0 radical (unpaired) electrons. The minimum atomic E-state index is -0.815. The fourth-order valence-corrected chi connectivity index (χ4v) is 9.48. The molecule has 5 aliphatic rings. The lowest BCUT2D eigenvalue weighted by Crippen LogP contribution is -2.55. The molecule has 2 saturated heterocycles. The molecular formula is C31H39N3O5S. The van der Waals surface area contributed by atoms with E-state index in [1.54, 1.807) is 21.6 Å². The van der Waals surface area contributed by atoms with Gasteiger partial charge in [-0.1, -0.05) is 43.6 Å². The van der Waals surface area contributed by atoms with E-state index in [9.17, 15) is 19.5 Å². The second-order valence-corrected chi connectivity index (χ2v) is 12.9. The third kappa shape index (κ3) is 4.45. The number of amides is 3. The number of hydrogen-bond acceptors (Lipinski definition) is 6. The van der Waals surface area contributed by atoms with Gasteiger partial charge in [-0.05, 0) is 50.5 Å². The standard InChI is InChI=1S/C31H39N3O5S/c1-2-39-23-14-12-22(13-15-23)32-17-6-11-24-25(28(32)36)26-29(37)34(19-8-20-35)27-30(38)33(21-9-4-3-5-10-21)18-7-16-31(26,27)40-24/h6-7,11-16,21,24-27,35H,2-5,8-10,17-20H2,1H3/t24-,25+,26+,27?,31+/m1/s1. The second kappa shape index (κ2) is 11.2. The summed E-state index contributed by atoms with van der Waals surface area (Å²) < 4.78 is 4.77. The van der Waals surface area contributed by atoms with Gasteiger partial charge < -0.3 is 24.5 Å². The molecule has 0 aromatic heterocycles. The van der Waals surface area contributed by atoms with E-state index in [-0.39, 0.29) is 35.6 Å². The number of fused-ring (bicyclic) bond motifs is 2. The Bertz CT molecular complexity index is 1200. The molecule has 5 atom stereocenters. The quantitative estimate of drug-likeness (QED) is 0.510. The van der Waals surface area contributed by atoms with Crippen molar-refractivity contribution >= 4 is 35.2 Å². The molecule has 214 valence electrons. The van der Waals surface area contributed by atoms with Crippen LogP contribution in [0.15, 0.2) is 48.6 Å². The minimum absolute atomic E-state index is 0.00514. The Hall–Kier alpha value is -2.78. The van der Waals surface area contributed by atoms with E-state index in [4.69, 9.17) is 4.74 Å². The molecule has 1 unspecified atom stereocenters. The smallest absolute Gasteiger partial charge is 0.247 e. The van der Waals surface area contributed by atoms with E-state index in [1.807, 2.05) is 42.2 Å². The molecule has 1 aromatic rings. The van der Waals surface area contributed by atoms with Gasteiger partial charge in [-0.25, -0.2) is 0 Å². The molecule has 1 aliphatic carbocycles. The molecule has 4 aliphatic heterocycles. The first-order chi connectivity index (χ1) is 19.5. The molecule has 0 bridgehead atoms. The number of anilines is 1. The Morgan fingerprint density at radius 3 is 2.50 bits per heavy atom. The molecule has 8 nitrogen and oxygen atoms in total. The zero-order chi connectivity index (χ0) is 27.9. The van der Waals surface area contributed by atoms with Gasteiger partial charge in [0.05, 0.1) is 23.2 Å². The van der Waals surface area contributed by atoms with Crippen LogP contribution < -0.4 is 9.64 Å². The monoisotopic (exact) mass is 565 g/mol. The van der Waals surface area contributed by atoms with Gasteiger partial charge >= 0.3 is 0 Å². The highest BCUT2D eigenvalue weighted by atomic mass is 32.2. The van der Waals surface area contributed by atoms with E-state index in [0.29, 0.717) is 32.7 Å². The van der Waals surface area contributed by atoms with Gasteiger partial charge in [-0.3, -0.25) is 14.4 Å². The first-order valence-electron chi connectivity index (χ1n) is 14.8. The van der Waals surface area contributed by atoms with Crippen molar-refractivity contribution in [2.75, 3.05) is 37.7 Å². The van der Waals surface area contributed by atoms with Crippen LogP contribution in [0.1, 0.15) is 45.4 Å². The summed E-state index contributed by atoms with van der Waals surface area (Å²) in [6.45, 7) is 3.71. The van der Waals surface area contributed by atoms with Crippen LogP contribution in [0, 0.1) is 11.8 Å². The first-order valence-corrected chi connectivity index (χ1v) is 15.7. The van der Waals surface area contributed by atoms with Crippen molar-refractivity contribution in [1.82, 2.24) is 9.80 Å². The lowest BCUT2D eigenvalue weighted by molar-refractivity contribution is -0.144. The van der Waals surface area contributed by atoms with Crippen LogP contribution in [0.25, 0.3) is 0 Å². The van der Waals surface area contributed by atoms with Crippen LogP contribution in [0.2, 0.25) is 0 Å². The van der Waals surface area contributed by atoms with Gasteiger partial charge in [0.15, 0.2) is 0 Å². The normalized spacial score (nSPS) is 32.1. The second-order valence-electron chi connectivity index (χ2n) is 11.4. The minimum Gasteiger partial charge on any atom is -0.494 e. The number of rotatable bonds is 7. The van der Waals surface area contributed by atoms with Crippen molar-refractivity contribution in [3.8, 4) is 5.75 Å². The van der Waals surface area contributed by atoms with Gasteiger partial charge in [-0.2, -0.15) is 0 Å². The maximum Gasteiger partial charge on any atom is 0.247 e. The summed E-state index contributed by atoms with van der Waals surface area (Å²) in [5, 5.41) is 9.44. The van der Waals surface area contributed by atoms with E-state index in [1.165, 1.54) is 6.42 Å². The maximum absolute atomic E-state index is 14.4. The molecule has 6 rings (SSSR count). The van der Waals surface area contributed by atoms with Crippen molar-refractivity contribution in [3.05, 3.63) is 48.6 Å². The Kier molecular flexibility index (Phi) is 7.70. The van der Waals surface area contributed by atoms with E-state index >= 15 is 0 Å². The van der Waals surface area contributed by atoms with Gasteiger partial charge in [0.25, 0.3) is 0 Å². The predicted octanol–water partition coefficient (Wildman–Crippen LogP) is 3.40. The summed E-state index contributed by atoms with van der Waals surface area (Å²) in [5.41, 5.74) is 0.764. The number of benzene rings is 1. The molecule has 4 heterocycles. The first kappa shape index (κ1) is 27.4. The SMILES string of the molecule is CCOc1ccc(N2CC=C[C@H]3S[C@]45C=CCN(C6CCCCC6)C(=O)C4N(CCCO)C(=O)[C@@H]5[C@H]3C2=O)cc1. The summed E-state index contributed by atoms with van der Waals surface area (Å²) in [6, 6.07) is 7.02. The summed E-state index contributed by atoms with van der Waals surface area (Å²) in [4.78, 5) is 48.4. The highest BCUT2D eigenvalue weighted by Gasteiger charge is 2.71. The van der Waals surface area contributed by atoms with Crippen LogP contribution in [0.4, 0.5) is 5.69 Å². The molecule has 3 fully saturated rings. The zero-order valence-electron chi connectivity index (χ0n) is 23.1.